The van der Waals surface area contributed by atoms with Crippen LogP contribution in [0.1, 0.15) is 12.0 Å². The second kappa shape index (κ2) is 7.26. The molecule has 0 unspecified atom stereocenters. The van der Waals surface area contributed by atoms with Crippen LogP contribution in [0, 0.1) is 0 Å². The van der Waals surface area contributed by atoms with Crippen LogP contribution in [0.25, 0.3) is 0 Å². The maximum Gasteiger partial charge on any atom is 0.118 e. The molecule has 0 saturated heterocycles. The highest BCUT2D eigenvalue weighted by atomic mass is 16.5. The van der Waals surface area contributed by atoms with E-state index in [0.717, 1.165) is 31.8 Å². The number of methoxy groups -OCH3 is 1. The van der Waals surface area contributed by atoms with Crippen LogP contribution in [0.2, 0.25) is 0 Å². The minimum atomic E-state index is 0.697. The van der Waals surface area contributed by atoms with Crippen molar-refractivity contribution in [1.82, 2.24) is 0 Å². The molecule has 0 aliphatic carbocycles. The molecule has 1 aromatic rings. The van der Waals surface area contributed by atoms with Gasteiger partial charge in [-0.25, -0.2) is 0 Å². The Morgan fingerprint density at radius 3 is 2.47 bits per heavy atom. The molecule has 0 saturated carbocycles. The van der Waals surface area contributed by atoms with E-state index in [0.29, 0.717) is 6.54 Å². The average molecular weight is 209 g/mol. The molecule has 0 spiro atoms. The van der Waals surface area contributed by atoms with Gasteiger partial charge >= 0.3 is 0 Å². The van der Waals surface area contributed by atoms with Gasteiger partial charge in [-0.3, -0.25) is 0 Å². The smallest absolute Gasteiger partial charge is 0.118 e. The molecule has 0 fully saturated rings. The summed E-state index contributed by atoms with van der Waals surface area (Å²) >= 11 is 0. The molecular formula is C12H19NO2. The summed E-state index contributed by atoms with van der Waals surface area (Å²) in [6.45, 7) is 2.21. The van der Waals surface area contributed by atoms with E-state index in [-0.39, 0.29) is 0 Å². The molecule has 0 atom stereocenters. The van der Waals surface area contributed by atoms with Gasteiger partial charge in [0.2, 0.25) is 0 Å². The molecule has 0 heterocycles. The van der Waals surface area contributed by atoms with Gasteiger partial charge in [0.1, 0.15) is 5.75 Å². The van der Waals surface area contributed by atoms with E-state index in [9.17, 15) is 0 Å². The lowest BCUT2D eigenvalue weighted by Gasteiger charge is -2.04. The van der Waals surface area contributed by atoms with E-state index in [1.807, 2.05) is 12.1 Å². The summed E-state index contributed by atoms with van der Waals surface area (Å²) in [6.07, 6.45) is 1.87. The second-order valence-corrected chi connectivity index (χ2v) is 3.35. The highest BCUT2D eigenvalue weighted by Crippen LogP contribution is 2.11. The molecule has 0 aliphatic heterocycles. The minimum Gasteiger partial charge on any atom is -0.497 e. The largest absolute Gasteiger partial charge is 0.497 e. The van der Waals surface area contributed by atoms with Crippen molar-refractivity contribution in [3.8, 4) is 5.75 Å². The van der Waals surface area contributed by atoms with Crippen molar-refractivity contribution in [2.24, 2.45) is 5.73 Å². The summed E-state index contributed by atoms with van der Waals surface area (Å²) in [4.78, 5) is 0. The molecule has 0 aromatic heterocycles. The third-order valence-electron chi connectivity index (χ3n) is 2.19. The van der Waals surface area contributed by atoms with Gasteiger partial charge in [-0.1, -0.05) is 12.1 Å². The molecule has 1 rings (SSSR count). The molecule has 0 aliphatic rings. The van der Waals surface area contributed by atoms with Gasteiger partial charge in [0.05, 0.1) is 13.7 Å². The average Bonchev–Trinajstić information content (AvgIpc) is 2.30. The summed E-state index contributed by atoms with van der Waals surface area (Å²) < 4.78 is 10.5. The van der Waals surface area contributed by atoms with Crippen LogP contribution in [0.15, 0.2) is 24.3 Å². The van der Waals surface area contributed by atoms with Crippen LogP contribution >= 0.6 is 0 Å². The third-order valence-corrected chi connectivity index (χ3v) is 2.19. The zero-order chi connectivity index (χ0) is 10.9. The maximum atomic E-state index is 5.42. The topological polar surface area (TPSA) is 44.5 Å². The summed E-state index contributed by atoms with van der Waals surface area (Å²) in [5.41, 5.74) is 6.63. The highest BCUT2D eigenvalue weighted by Gasteiger charge is 1.94. The molecular weight excluding hydrogens is 190 g/mol. The number of benzene rings is 1. The molecule has 0 bridgehead atoms. The number of rotatable bonds is 7. The molecule has 2 N–H and O–H groups in total. The standard InChI is InChI=1S/C12H19NO2/c1-14-12-5-3-11(4-6-12)7-10-15-9-2-8-13/h3-6H,2,7-10,13H2,1H3. The van der Waals surface area contributed by atoms with Crippen molar-refractivity contribution >= 4 is 0 Å². The fourth-order valence-electron chi connectivity index (χ4n) is 1.27. The summed E-state index contributed by atoms with van der Waals surface area (Å²) in [5, 5.41) is 0. The van der Waals surface area contributed by atoms with E-state index < -0.39 is 0 Å². The Kier molecular flexibility index (Phi) is 5.81. The molecule has 3 heteroatoms. The molecule has 15 heavy (non-hydrogen) atoms. The van der Waals surface area contributed by atoms with E-state index in [2.05, 4.69) is 12.1 Å². The van der Waals surface area contributed by atoms with E-state index in [4.69, 9.17) is 15.2 Å². The van der Waals surface area contributed by atoms with Crippen LogP contribution < -0.4 is 10.5 Å². The Balaban J connectivity index is 2.20. The Hall–Kier alpha value is -1.06. The van der Waals surface area contributed by atoms with E-state index in [1.165, 1.54) is 5.56 Å². The number of ether oxygens (including phenoxy) is 2. The highest BCUT2D eigenvalue weighted by molar-refractivity contribution is 5.27. The monoisotopic (exact) mass is 209 g/mol. The lowest BCUT2D eigenvalue weighted by Crippen LogP contribution is -2.06. The predicted molar refractivity (Wildman–Crippen MR) is 61.2 cm³/mol. The van der Waals surface area contributed by atoms with Crippen molar-refractivity contribution in [3.63, 3.8) is 0 Å². The molecule has 84 valence electrons. The van der Waals surface area contributed by atoms with Crippen LogP contribution in [0.4, 0.5) is 0 Å². The molecule has 1 aromatic carbocycles. The minimum absolute atomic E-state index is 0.697. The maximum absolute atomic E-state index is 5.42. The quantitative estimate of drug-likeness (QED) is 0.694. The van der Waals surface area contributed by atoms with Gasteiger partial charge in [0, 0.05) is 6.61 Å². The van der Waals surface area contributed by atoms with Crippen molar-refractivity contribution in [3.05, 3.63) is 29.8 Å². The summed E-state index contributed by atoms with van der Waals surface area (Å²) in [6, 6.07) is 8.06. The first-order valence-corrected chi connectivity index (χ1v) is 5.27. The first-order chi connectivity index (χ1) is 7.36. The first kappa shape index (κ1) is 12.0. The zero-order valence-corrected chi connectivity index (χ0v) is 9.24. The van der Waals surface area contributed by atoms with Gasteiger partial charge < -0.3 is 15.2 Å². The van der Waals surface area contributed by atoms with Crippen molar-refractivity contribution < 1.29 is 9.47 Å². The molecule has 0 amide bonds. The van der Waals surface area contributed by atoms with E-state index >= 15 is 0 Å². The van der Waals surface area contributed by atoms with Gasteiger partial charge in [0.15, 0.2) is 0 Å². The van der Waals surface area contributed by atoms with Gasteiger partial charge in [-0.2, -0.15) is 0 Å². The Bertz CT molecular complexity index is 259. The van der Waals surface area contributed by atoms with Crippen LogP contribution in [-0.4, -0.2) is 26.9 Å². The zero-order valence-electron chi connectivity index (χ0n) is 9.24. The van der Waals surface area contributed by atoms with Gasteiger partial charge in [-0.05, 0) is 37.1 Å². The fourth-order valence-corrected chi connectivity index (χ4v) is 1.27. The Morgan fingerprint density at radius 1 is 1.13 bits per heavy atom. The second-order valence-electron chi connectivity index (χ2n) is 3.35. The fraction of sp³-hybridized carbons (Fsp3) is 0.500. The van der Waals surface area contributed by atoms with Crippen LogP contribution in [-0.2, 0) is 11.2 Å². The SMILES string of the molecule is COc1ccc(CCOCCCN)cc1. The Labute approximate surface area is 91.2 Å². The normalized spacial score (nSPS) is 10.3. The van der Waals surface area contributed by atoms with Gasteiger partial charge in [-0.15, -0.1) is 0 Å². The van der Waals surface area contributed by atoms with Crippen molar-refractivity contribution in [1.29, 1.82) is 0 Å². The van der Waals surface area contributed by atoms with Crippen LogP contribution in [0.3, 0.4) is 0 Å². The summed E-state index contributed by atoms with van der Waals surface area (Å²) in [5.74, 6) is 0.891. The summed E-state index contributed by atoms with van der Waals surface area (Å²) in [7, 11) is 1.67. The van der Waals surface area contributed by atoms with Crippen molar-refractivity contribution in [2.45, 2.75) is 12.8 Å². The van der Waals surface area contributed by atoms with Gasteiger partial charge in [0.25, 0.3) is 0 Å². The first-order valence-electron chi connectivity index (χ1n) is 5.27. The van der Waals surface area contributed by atoms with E-state index in [1.54, 1.807) is 7.11 Å². The third kappa shape index (κ3) is 4.81. The number of nitrogens with two attached hydrogens (primary N) is 1. The van der Waals surface area contributed by atoms with Crippen LogP contribution in [0.5, 0.6) is 5.75 Å². The molecule has 0 radical (unpaired) electrons. The predicted octanol–water partition coefficient (Wildman–Crippen LogP) is 1.60. The van der Waals surface area contributed by atoms with Crippen molar-refractivity contribution in [2.75, 3.05) is 26.9 Å². The Morgan fingerprint density at radius 2 is 1.87 bits per heavy atom. The lowest BCUT2D eigenvalue weighted by molar-refractivity contribution is 0.136. The lowest BCUT2D eigenvalue weighted by atomic mass is 10.1. The molecule has 3 nitrogen and oxygen atoms in total. The number of hydrogen-bond donors (Lipinski definition) is 1. The number of hydrogen-bond acceptors (Lipinski definition) is 3.